The lowest BCUT2D eigenvalue weighted by Gasteiger charge is -2.05. The fourth-order valence-corrected chi connectivity index (χ4v) is 2.07. The molecule has 0 saturated carbocycles. The molecule has 2 heterocycles. The van der Waals surface area contributed by atoms with Crippen LogP contribution < -0.4 is 10.9 Å². The first-order valence-electron chi connectivity index (χ1n) is 4.74. The summed E-state index contributed by atoms with van der Waals surface area (Å²) in [5.74, 6) is -0.0852. The molecular formula is C10H6Br2N4O2. The van der Waals surface area contributed by atoms with Crippen molar-refractivity contribution in [1.82, 2.24) is 15.0 Å². The van der Waals surface area contributed by atoms with Gasteiger partial charge in [0.05, 0.1) is 11.8 Å². The van der Waals surface area contributed by atoms with Gasteiger partial charge in [-0.1, -0.05) is 0 Å². The van der Waals surface area contributed by atoms with Gasteiger partial charge in [-0.15, -0.1) is 0 Å². The summed E-state index contributed by atoms with van der Waals surface area (Å²) in [7, 11) is 0. The zero-order chi connectivity index (χ0) is 13.1. The minimum atomic E-state index is -0.386. The summed E-state index contributed by atoms with van der Waals surface area (Å²) < 4.78 is 0.964. The lowest BCUT2D eigenvalue weighted by Crippen LogP contribution is -2.15. The van der Waals surface area contributed by atoms with E-state index in [0.717, 1.165) is 0 Å². The molecule has 8 heteroatoms. The lowest BCUT2D eigenvalue weighted by atomic mass is 10.3. The van der Waals surface area contributed by atoms with Crippen molar-refractivity contribution in [2.75, 3.05) is 5.32 Å². The topological polar surface area (TPSA) is 87.7 Å². The summed E-state index contributed by atoms with van der Waals surface area (Å²) in [5, 5.41) is 2.57. The van der Waals surface area contributed by atoms with Crippen molar-refractivity contribution in [2.24, 2.45) is 0 Å². The van der Waals surface area contributed by atoms with Crippen LogP contribution in [0.25, 0.3) is 0 Å². The second kappa shape index (κ2) is 5.40. The number of aromatic nitrogens is 3. The number of aromatic amines is 1. The Balaban J connectivity index is 2.21. The van der Waals surface area contributed by atoms with Crippen molar-refractivity contribution in [3.63, 3.8) is 0 Å². The maximum atomic E-state index is 11.8. The second-order valence-electron chi connectivity index (χ2n) is 3.23. The number of hydrogen-bond donors (Lipinski definition) is 2. The van der Waals surface area contributed by atoms with Crippen LogP contribution in [-0.4, -0.2) is 20.9 Å². The van der Waals surface area contributed by atoms with Gasteiger partial charge in [-0.05, 0) is 37.9 Å². The van der Waals surface area contributed by atoms with Crippen LogP contribution in [0.5, 0.6) is 0 Å². The van der Waals surface area contributed by atoms with E-state index in [0.29, 0.717) is 20.6 Å². The predicted octanol–water partition coefficient (Wildman–Crippen LogP) is 1.94. The highest BCUT2D eigenvalue weighted by Crippen LogP contribution is 2.19. The second-order valence-corrected chi connectivity index (χ2v) is 4.79. The lowest BCUT2D eigenvalue weighted by molar-refractivity contribution is 0.102. The van der Waals surface area contributed by atoms with E-state index in [2.05, 4.69) is 52.1 Å². The fraction of sp³-hybridized carbons (Fsp3) is 0. The molecule has 1 amide bonds. The third kappa shape index (κ3) is 3.02. The van der Waals surface area contributed by atoms with Gasteiger partial charge in [-0.3, -0.25) is 9.59 Å². The molecule has 0 radical (unpaired) electrons. The monoisotopic (exact) mass is 372 g/mol. The van der Waals surface area contributed by atoms with Crippen molar-refractivity contribution in [1.29, 1.82) is 0 Å². The van der Waals surface area contributed by atoms with Gasteiger partial charge in [0.1, 0.15) is 9.21 Å². The molecule has 0 unspecified atom stereocenters. The molecule has 2 aromatic rings. The molecular weight excluding hydrogens is 368 g/mol. The minimum absolute atomic E-state index is 0.267. The molecule has 0 saturated heterocycles. The molecule has 0 fully saturated rings. The average Bonchev–Trinajstić information content (AvgIpc) is 2.33. The summed E-state index contributed by atoms with van der Waals surface area (Å²) in [6.07, 6.45) is 2.80. The summed E-state index contributed by atoms with van der Waals surface area (Å²) in [6.45, 7) is 0. The van der Waals surface area contributed by atoms with E-state index >= 15 is 0 Å². The average molecular weight is 374 g/mol. The Bertz CT molecular complexity index is 636. The highest BCUT2D eigenvalue weighted by atomic mass is 79.9. The molecule has 0 aliphatic heterocycles. The molecule has 6 nitrogen and oxygen atoms in total. The van der Waals surface area contributed by atoms with E-state index < -0.39 is 0 Å². The first-order chi connectivity index (χ1) is 8.56. The quantitative estimate of drug-likeness (QED) is 0.842. The van der Waals surface area contributed by atoms with Gasteiger partial charge >= 0.3 is 0 Å². The number of H-pyrrole nitrogens is 1. The minimum Gasteiger partial charge on any atom is -0.328 e. The van der Waals surface area contributed by atoms with Crippen LogP contribution in [0.15, 0.2) is 38.5 Å². The highest BCUT2D eigenvalue weighted by Gasteiger charge is 2.10. The van der Waals surface area contributed by atoms with E-state index in [-0.39, 0.29) is 11.5 Å². The van der Waals surface area contributed by atoms with E-state index in [1.807, 2.05) is 0 Å². The van der Waals surface area contributed by atoms with E-state index in [1.165, 1.54) is 24.5 Å². The maximum Gasteiger partial charge on any atom is 0.258 e. The Kier molecular flexibility index (Phi) is 3.87. The highest BCUT2D eigenvalue weighted by molar-refractivity contribution is 9.11. The Morgan fingerprint density at radius 2 is 2.11 bits per heavy atom. The summed E-state index contributed by atoms with van der Waals surface area (Å²) in [5.41, 5.74) is 0.0578. The molecule has 0 spiro atoms. The summed E-state index contributed by atoms with van der Waals surface area (Å²) >= 11 is 6.34. The third-order valence-corrected chi connectivity index (χ3v) is 2.91. The summed E-state index contributed by atoms with van der Waals surface area (Å²) in [6, 6.07) is 2.70. The number of hydrogen-bond acceptors (Lipinski definition) is 4. The van der Waals surface area contributed by atoms with Crippen LogP contribution in [0, 0.1) is 0 Å². The van der Waals surface area contributed by atoms with E-state index in [4.69, 9.17) is 0 Å². The first-order valence-corrected chi connectivity index (χ1v) is 6.33. The van der Waals surface area contributed by atoms with Gasteiger partial charge in [0, 0.05) is 12.3 Å². The summed E-state index contributed by atoms with van der Waals surface area (Å²) in [4.78, 5) is 33.2. The number of halogens is 2. The van der Waals surface area contributed by atoms with Crippen LogP contribution in [0.2, 0.25) is 0 Å². The molecule has 2 rings (SSSR count). The molecule has 0 bridgehead atoms. The van der Waals surface area contributed by atoms with Gasteiger partial charge in [0.15, 0.2) is 5.82 Å². The SMILES string of the molecule is O=C(Nc1ncc(Br)nc1Br)c1ccc(=O)[nH]c1. The predicted molar refractivity (Wildman–Crippen MR) is 72.4 cm³/mol. The molecule has 0 aliphatic rings. The normalized spacial score (nSPS) is 10.1. The molecule has 92 valence electrons. The van der Waals surface area contributed by atoms with Gasteiger partial charge in [-0.2, -0.15) is 0 Å². The number of pyridine rings is 1. The Morgan fingerprint density at radius 3 is 2.72 bits per heavy atom. The van der Waals surface area contributed by atoms with Crippen molar-refractivity contribution in [3.8, 4) is 0 Å². The molecule has 18 heavy (non-hydrogen) atoms. The van der Waals surface area contributed by atoms with Crippen molar-refractivity contribution in [2.45, 2.75) is 0 Å². The molecule has 0 aliphatic carbocycles. The number of carbonyl (C=O) groups is 1. The van der Waals surface area contributed by atoms with Crippen LogP contribution >= 0.6 is 31.9 Å². The third-order valence-electron chi connectivity index (χ3n) is 1.98. The number of carbonyl (C=O) groups excluding carboxylic acids is 1. The molecule has 2 N–H and O–H groups in total. The van der Waals surface area contributed by atoms with Crippen LogP contribution in [0.3, 0.4) is 0 Å². The number of amides is 1. The largest absolute Gasteiger partial charge is 0.328 e. The molecule has 2 aromatic heterocycles. The molecule has 0 aromatic carbocycles. The van der Waals surface area contributed by atoms with Crippen LogP contribution in [-0.2, 0) is 0 Å². The Morgan fingerprint density at radius 1 is 1.33 bits per heavy atom. The molecule has 0 atom stereocenters. The fourth-order valence-electron chi connectivity index (χ4n) is 1.16. The standard InChI is InChI=1S/C10H6Br2N4O2/c11-6-4-14-9(8(12)15-6)16-10(18)5-1-2-7(17)13-3-5/h1-4H,(H,13,17)(H,14,16,18). The zero-order valence-corrected chi connectivity index (χ0v) is 11.9. The Hall–Kier alpha value is -1.54. The number of anilines is 1. The van der Waals surface area contributed by atoms with E-state index in [1.54, 1.807) is 0 Å². The number of rotatable bonds is 2. The van der Waals surface area contributed by atoms with Crippen molar-refractivity contribution in [3.05, 3.63) is 49.7 Å². The number of nitrogens with zero attached hydrogens (tertiary/aromatic N) is 2. The van der Waals surface area contributed by atoms with Crippen molar-refractivity contribution >= 4 is 43.6 Å². The van der Waals surface area contributed by atoms with Crippen LogP contribution in [0.4, 0.5) is 5.82 Å². The number of nitrogens with one attached hydrogen (secondary N) is 2. The smallest absolute Gasteiger partial charge is 0.258 e. The zero-order valence-electron chi connectivity index (χ0n) is 8.78. The van der Waals surface area contributed by atoms with Crippen LogP contribution in [0.1, 0.15) is 10.4 Å². The van der Waals surface area contributed by atoms with Gasteiger partial charge in [0.2, 0.25) is 5.56 Å². The maximum absolute atomic E-state index is 11.8. The van der Waals surface area contributed by atoms with Gasteiger partial charge in [0.25, 0.3) is 5.91 Å². The Labute approximate surface area is 118 Å². The van der Waals surface area contributed by atoms with Crippen molar-refractivity contribution < 1.29 is 4.79 Å². The first kappa shape index (κ1) is 12.9. The van der Waals surface area contributed by atoms with Gasteiger partial charge in [-0.25, -0.2) is 9.97 Å². The van der Waals surface area contributed by atoms with E-state index in [9.17, 15) is 9.59 Å². The van der Waals surface area contributed by atoms with Gasteiger partial charge < -0.3 is 10.3 Å².